The molecule has 0 saturated carbocycles. The molecule has 1 N–H and O–H groups in total. The first-order valence-electron chi connectivity index (χ1n) is 7.93. The van der Waals surface area contributed by atoms with Gasteiger partial charge in [0.15, 0.2) is 0 Å². The Morgan fingerprint density at radius 2 is 1.96 bits per heavy atom. The number of carbonyl (C=O) groups excluding carboxylic acids is 2. The highest BCUT2D eigenvalue weighted by Crippen LogP contribution is 2.11. The quantitative estimate of drug-likeness (QED) is 0.869. The second kappa shape index (κ2) is 8.08. The first-order chi connectivity index (χ1) is 11.0. The Morgan fingerprint density at radius 1 is 1.26 bits per heavy atom. The molecule has 1 atom stereocenters. The minimum Gasteiger partial charge on any atom is -0.378 e. The van der Waals surface area contributed by atoms with E-state index < -0.39 is 0 Å². The zero-order valence-corrected chi connectivity index (χ0v) is 14.0. The van der Waals surface area contributed by atoms with E-state index >= 15 is 0 Å². The van der Waals surface area contributed by atoms with Crippen LogP contribution in [0.15, 0.2) is 24.3 Å². The third-order valence-corrected chi connectivity index (χ3v) is 3.89. The molecule has 6 heteroatoms. The van der Waals surface area contributed by atoms with Gasteiger partial charge in [0.05, 0.1) is 13.2 Å². The molecule has 2 rings (SSSR count). The molecule has 6 nitrogen and oxygen atoms in total. The van der Waals surface area contributed by atoms with Gasteiger partial charge in [0.1, 0.15) is 6.04 Å². The van der Waals surface area contributed by atoms with E-state index in [1.165, 1.54) is 0 Å². The van der Waals surface area contributed by atoms with Crippen LogP contribution in [0.3, 0.4) is 0 Å². The largest absolute Gasteiger partial charge is 0.378 e. The van der Waals surface area contributed by atoms with E-state index in [-0.39, 0.29) is 17.9 Å². The summed E-state index contributed by atoms with van der Waals surface area (Å²) in [5.41, 5.74) is 1.66. The molecule has 23 heavy (non-hydrogen) atoms. The lowest BCUT2D eigenvalue weighted by Crippen LogP contribution is -2.52. The van der Waals surface area contributed by atoms with E-state index in [9.17, 15) is 9.59 Å². The number of hydrogen-bond acceptors (Lipinski definition) is 4. The van der Waals surface area contributed by atoms with Crippen LogP contribution < -0.4 is 5.32 Å². The number of ether oxygens (including phenoxy) is 1. The number of carbonyl (C=O) groups is 2. The molecule has 1 saturated heterocycles. The van der Waals surface area contributed by atoms with Gasteiger partial charge in [-0.15, -0.1) is 0 Å². The molecule has 1 aliphatic heterocycles. The molecule has 1 heterocycles. The Bertz CT molecular complexity index is 537. The highest BCUT2D eigenvalue weighted by molar-refractivity contribution is 5.93. The number of morpholine rings is 1. The van der Waals surface area contributed by atoms with E-state index in [4.69, 9.17) is 4.74 Å². The normalized spacial score (nSPS) is 17.6. The van der Waals surface area contributed by atoms with Gasteiger partial charge in [-0.1, -0.05) is 12.1 Å². The number of rotatable bonds is 5. The maximum atomic E-state index is 12.5. The molecule has 1 aromatic rings. The number of benzene rings is 1. The first-order valence-corrected chi connectivity index (χ1v) is 7.93. The molecule has 126 valence electrons. The van der Waals surface area contributed by atoms with Crippen LogP contribution in [-0.2, 0) is 16.1 Å². The summed E-state index contributed by atoms with van der Waals surface area (Å²) in [7, 11) is 3.46. The summed E-state index contributed by atoms with van der Waals surface area (Å²) in [5.74, 6) is 0.0316. The minimum absolute atomic E-state index is 0.0245. The first kappa shape index (κ1) is 17.4. The maximum Gasteiger partial charge on any atom is 0.253 e. The van der Waals surface area contributed by atoms with E-state index in [1.807, 2.05) is 19.1 Å². The van der Waals surface area contributed by atoms with Crippen molar-refractivity contribution in [2.24, 2.45) is 0 Å². The van der Waals surface area contributed by atoms with Gasteiger partial charge in [-0.2, -0.15) is 0 Å². The Kier molecular flexibility index (Phi) is 6.12. The summed E-state index contributed by atoms with van der Waals surface area (Å²) < 4.78 is 5.36. The van der Waals surface area contributed by atoms with E-state index in [1.54, 1.807) is 36.0 Å². The van der Waals surface area contributed by atoms with Crippen LogP contribution in [0.4, 0.5) is 0 Å². The van der Waals surface area contributed by atoms with Crippen LogP contribution >= 0.6 is 0 Å². The fraction of sp³-hybridized carbons (Fsp3) is 0.529. The third-order valence-electron chi connectivity index (χ3n) is 3.89. The lowest BCUT2D eigenvalue weighted by molar-refractivity contribution is -0.136. The van der Waals surface area contributed by atoms with Crippen molar-refractivity contribution in [2.45, 2.75) is 19.5 Å². The van der Waals surface area contributed by atoms with Gasteiger partial charge in [0, 0.05) is 39.3 Å². The van der Waals surface area contributed by atoms with Gasteiger partial charge in [-0.25, -0.2) is 0 Å². The van der Waals surface area contributed by atoms with Crippen LogP contribution in [0.2, 0.25) is 0 Å². The Balaban J connectivity index is 2.00. The summed E-state index contributed by atoms with van der Waals surface area (Å²) in [5, 5.41) is 3.19. The number of amides is 2. The molecule has 0 spiro atoms. The third kappa shape index (κ3) is 4.53. The molecule has 1 unspecified atom stereocenters. The minimum atomic E-state index is -0.265. The molecule has 1 aromatic carbocycles. The van der Waals surface area contributed by atoms with Crippen molar-refractivity contribution in [2.75, 3.05) is 40.4 Å². The van der Waals surface area contributed by atoms with Crippen molar-refractivity contribution in [1.82, 2.24) is 15.1 Å². The van der Waals surface area contributed by atoms with Crippen molar-refractivity contribution in [3.63, 3.8) is 0 Å². The molecule has 1 fully saturated rings. The summed E-state index contributed by atoms with van der Waals surface area (Å²) in [6.45, 7) is 4.91. The summed E-state index contributed by atoms with van der Waals surface area (Å²) in [6.07, 6.45) is 0. The molecule has 0 radical (unpaired) electrons. The van der Waals surface area contributed by atoms with Crippen LogP contribution in [0.5, 0.6) is 0 Å². The van der Waals surface area contributed by atoms with Crippen molar-refractivity contribution >= 4 is 11.8 Å². The number of nitrogens with zero attached hydrogens (tertiary/aromatic N) is 2. The van der Waals surface area contributed by atoms with Gasteiger partial charge in [0.25, 0.3) is 5.91 Å². The number of likely N-dealkylation sites (N-methyl/N-ethyl adjacent to an activating group) is 1. The Hall–Kier alpha value is -1.92. The highest BCUT2D eigenvalue weighted by Gasteiger charge is 2.25. The zero-order chi connectivity index (χ0) is 16.8. The highest BCUT2D eigenvalue weighted by atomic mass is 16.5. The Labute approximate surface area is 137 Å². The monoisotopic (exact) mass is 319 g/mol. The van der Waals surface area contributed by atoms with E-state index in [0.717, 1.165) is 5.56 Å². The van der Waals surface area contributed by atoms with Gasteiger partial charge in [-0.3, -0.25) is 9.59 Å². The lowest BCUT2D eigenvalue weighted by atomic mass is 10.1. The van der Waals surface area contributed by atoms with Crippen LogP contribution in [0.25, 0.3) is 0 Å². The number of hydrogen-bond donors (Lipinski definition) is 1. The van der Waals surface area contributed by atoms with Gasteiger partial charge < -0.3 is 19.9 Å². The Morgan fingerprint density at radius 3 is 2.48 bits per heavy atom. The van der Waals surface area contributed by atoms with Gasteiger partial charge >= 0.3 is 0 Å². The molecular weight excluding hydrogens is 294 g/mol. The van der Waals surface area contributed by atoms with Crippen molar-refractivity contribution in [1.29, 1.82) is 0 Å². The second-order valence-corrected chi connectivity index (χ2v) is 5.83. The fourth-order valence-corrected chi connectivity index (χ4v) is 2.52. The molecular formula is C17H25N3O3. The smallest absolute Gasteiger partial charge is 0.253 e. The standard InChI is InChI=1S/C17H25N3O3/c1-4-20(17(22)15-12-23-10-9-18-15)11-13-5-7-14(8-6-13)16(21)19(2)3/h5-8,15,18H,4,9-12H2,1-3H3. The average Bonchev–Trinajstić information content (AvgIpc) is 2.59. The maximum absolute atomic E-state index is 12.5. The van der Waals surface area contributed by atoms with Crippen LogP contribution in [0, 0.1) is 0 Å². The predicted octanol–water partition coefficient (Wildman–Crippen LogP) is 0.725. The molecule has 0 bridgehead atoms. The van der Waals surface area contributed by atoms with Gasteiger partial charge in [-0.05, 0) is 24.6 Å². The topological polar surface area (TPSA) is 61.9 Å². The van der Waals surface area contributed by atoms with Gasteiger partial charge in [0.2, 0.25) is 5.91 Å². The van der Waals surface area contributed by atoms with E-state index in [2.05, 4.69) is 5.32 Å². The molecule has 1 aliphatic rings. The summed E-state index contributed by atoms with van der Waals surface area (Å²) >= 11 is 0. The predicted molar refractivity (Wildman–Crippen MR) is 88.2 cm³/mol. The SMILES string of the molecule is CCN(Cc1ccc(C(=O)N(C)C)cc1)C(=O)C1COCCN1. The van der Waals surface area contributed by atoms with Crippen LogP contribution in [0.1, 0.15) is 22.8 Å². The molecule has 2 amide bonds. The zero-order valence-electron chi connectivity index (χ0n) is 14.0. The summed E-state index contributed by atoms with van der Waals surface area (Å²) in [4.78, 5) is 27.8. The summed E-state index contributed by atoms with van der Waals surface area (Å²) in [6, 6.07) is 7.14. The fourth-order valence-electron chi connectivity index (χ4n) is 2.52. The van der Waals surface area contributed by atoms with Crippen molar-refractivity contribution < 1.29 is 14.3 Å². The lowest BCUT2D eigenvalue weighted by Gasteiger charge is -2.29. The van der Waals surface area contributed by atoms with E-state index in [0.29, 0.717) is 38.4 Å². The number of nitrogens with one attached hydrogen (secondary N) is 1. The van der Waals surface area contributed by atoms with Crippen molar-refractivity contribution in [3.8, 4) is 0 Å². The average molecular weight is 319 g/mol. The van der Waals surface area contributed by atoms with Crippen molar-refractivity contribution in [3.05, 3.63) is 35.4 Å². The van der Waals surface area contributed by atoms with Crippen LogP contribution in [-0.4, -0.2) is 68.1 Å². The molecule has 0 aliphatic carbocycles. The second-order valence-electron chi connectivity index (χ2n) is 5.83. The molecule has 0 aromatic heterocycles.